The molecule has 10 radical (unpaired) electrons. The van der Waals surface area contributed by atoms with Gasteiger partial charge >= 0.3 is 28.4 Å². The Kier molecular flexibility index (Phi) is 15.8. The number of nitrogens with zero attached hydrogens (tertiary/aromatic N) is 4. The third-order valence-electron chi connectivity index (χ3n) is 8.79. The number of hydrogen-bond acceptors (Lipinski definition) is 6. The molecule has 6 rings (SSSR count). The van der Waals surface area contributed by atoms with Crippen molar-refractivity contribution in [2.45, 2.75) is 65.5 Å². The summed E-state index contributed by atoms with van der Waals surface area (Å²) in [6, 6.07) is 16.8. The van der Waals surface area contributed by atoms with Gasteiger partial charge in [0.05, 0.1) is 0 Å². The van der Waals surface area contributed by atoms with E-state index in [-0.39, 0.29) is 17.1 Å². The fourth-order valence-electron chi connectivity index (χ4n) is 5.95. The molecular formula is C42H42FeN4O6+2. The van der Waals surface area contributed by atoms with Gasteiger partial charge in [0.2, 0.25) is 0 Å². The summed E-state index contributed by atoms with van der Waals surface area (Å²) >= 11 is 0. The van der Waals surface area contributed by atoms with Gasteiger partial charge in [-0.1, -0.05) is 49.2 Å². The van der Waals surface area contributed by atoms with Crippen LogP contribution in [0.15, 0.2) is 92.2 Å². The summed E-state index contributed by atoms with van der Waals surface area (Å²) in [5, 5.41) is 0. The Morgan fingerprint density at radius 2 is 0.849 bits per heavy atom. The minimum atomic E-state index is -0.588. The van der Waals surface area contributed by atoms with Crippen LogP contribution in [-0.2, 0) is 30.2 Å². The summed E-state index contributed by atoms with van der Waals surface area (Å²) in [7, 11) is 0. The van der Waals surface area contributed by atoms with Gasteiger partial charge in [-0.25, -0.2) is 9.59 Å². The maximum absolute atomic E-state index is 12.7. The molecule has 2 aliphatic carbocycles. The van der Waals surface area contributed by atoms with E-state index in [0.29, 0.717) is 35.3 Å². The molecule has 0 bridgehead atoms. The molecule has 4 aromatic rings. The fraction of sp³-hybridized carbons (Fsp3) is 0.238. The van der Waals surface area contributed by atoms with Gasteiger partial charge in [-0.2, -0.15) is 9.13 Å². The van der Waals surface area contributed by atoms with E-state index in [1.165, 1.54) is 21.0 Å². The van der Waals surface area contributed by atoms with Crippen molar-refractivity contribution in [2.75, 3.05) is 0 Å². The van der Waals surface area contributed by atoms with Crippen molar-refractivity contribution in [3.05, 3.63) is 200 Å². The molecule has 0 N–H and O–H groups in total. The molecule has 0 spiro atoms. The molecule has 2 heterocycles. The van der Waals surface area contributed by atoms with E-state index in [2.05, 4.69) is 25.7 Å². The summed E-state index contributed by atoms with van der Waals surface area (Å²) in [5.74, 6) is 1.38. The number of hydrogen-bond donors (Lipinski definition) is 0. The van der Waals surface area contributed by atoms with Crippen molar-refractivity contribution in [3.8, 4) is 0 Å². The summed E-state index contributed by atoms with van der Waals surface area (Å²) in [6.45, 7) is 4.19. The molecule has 2 aromatic heterocycles. The summed E-state index contributed by atoms with van der Waals surface area (Å²) in [5.41, 5.74) is -0.880. The van der Waals surface area contributed by atoms with Crippen LogP contribution in [0.4, 0.5) is 0 Å². The van der Waals surface area contributed by atoms with Crippen LogP contribution in [0.25, 0.3) is 0 Å². The van der Waals surface area contributed by atoms with E-state index in [9.17, 15) is 28.8 Å². The quantitative estimate of drug-likeness (QED) is 0.146. The van der Waals surface area contributed by atoms with Gasteiger partial charge in [0, 0.05) is 47.7 Å². The maximum Gasteiger partial charge on any atom is 2.00 e. The number of carbonyl (C=O) groups excluding carboxylic acids is 2. The van der Waals surface area contributed by atoms with E-state index < -0.39 is 34.3 Å². The van der Waals surface area contributed by atoms with Gasteiger partial charge in [0.15, 0.2) is 0 Å². The number of aryl methyl sites for hydroxylation is 4. The monoisotopic (exact) mass is 754 g/mol. The topological polar surface area (TPSA) is 122 Å². The minimum Gasteiger partial charge on any atom is -0.300 e. The van der Waals surface area contributed by atoms with Crippen LogP contribution in [-0.4, -0.2) is 30.1 Å². The predicted octanol–water partition coefficient (Wildman–Crippen LogP) is 5.16. The average Bonchev–Trinajstić information content (AvgIpc) is 3.89. The molecule has 0 saturated heterocycles. The molecule has 53 heavy (non-hydrogen) atoms. The molecule has 0 amide bonds. The van der Waals surface area contributed by atoms with Crippen LogP contribution < -0.4 is 22.5 Å². The first-order valence-corrected chi connectivity index (χ1v) is 17.4. The first kappa shape index (κ1) is 41.4. The molecule has 2 saturated carbocycles. The van der Waals surface area contributed by atoms with Crippen molar-refractivity contribution >= 4 is 11.8 Å². The van der Waals surface area contributed by atoms with Crippen molar-refractivity contribution in [3.63, 3.8) is 0 Å². The van der Waals surface area contributed by atoms with E-state index in [1.807, 2.05) is 25.7 Å². The normalized spacial score (nSPS) is 14.4. The first-order chi connectivity index (χ1) is 25.2. The minimum absolute atomic E-state index is 0. The SMILES string of the molecule is Cc1cn(CCCC[C]2[CH][CH][CH][CH]2)c(=O)n(C(=O)c2ccccc2)c1=O.Cc1cn(CCCC[C]2[CH][CH][CH][CH]2)c(=O)n(C(=O)c2ccccc2)c1=O.[Fe+2]. The molecular weight excluding hydrogens is 712 g/mol. The largest absolute Gasteiger partial charge is 2.00 e. The van der Waals surface area contributed by atoms with Gasteiger partial charge in [-0.05, 0) is 127 Å². The number of benzene rings is 2. The first-order valence-electron chi connectivity index (χ1n) is 17.4. The second kappa shape index (κ2) is 20.2. The van der Waals surface area contributed by atoms with Crippen LogP contribution in [0.5, 0.6) is 0 Å². The van der Waals surface area contributed by atoms with E-state index in [4.69, 9.17) is 0 Å². The zero-order valence-electron chi connectivity index (χ0n) is 29.8. The average molecular weight is 755 g/mol. The van der Waals surface area contributed by atoms with Gasteiger partial charge in [-0.15, -0.1) is 0 Å². The Hall–Kier alpha value is -4.34. The third kappa shape index (κ3) is 10.9. The standard InChI is InChI=1S/2C21H21N2O3.Fe/c2*1-16-15-22(14-8-7-11-17-9-5-6-10-17)21(26)23(19(16)24)20(25)18-12-3-2-4-13-18;/h2*2-6,9-10,12-13,15H,7-8,11,14H2,1H3;/q;;+2. The third-order valence-corrected chi connectivity index (χ3v) is 8.79. The Labute approximate surface area is 321 Å². The Balaban J connectivity index is 0.000000232. The number of aromatic nitrogens is 4. The molecule has 2 fully saturated rings. The second-order valence-electron chi connectivity index (χ2n) is 12.7. The smallest absolute Gasteiger partial charge is 0.300 e. The van der Waals surface area contributed by atoms with Gasteiger partial charge in [-0.3, -0.25) is 28.3 Å². The molecule has 272 valence electrons. The van der Waals surface area contributed by atoms with Crippen LogP contribution in [0.2, 0.25) is 0 Å². The summed E-state index contributed by atoms with van der Waals surface area (Å²) < 4.78 is 4.40. The van der Waals surface area contributed by atoms with Gasteiger partial charge in [0.1, 0.15) is 0 Å². The Morgan fingerprint density at radius 1 is 0.509 bits per heavy atom. The molecule has 0 aliphatic heterocycles. The van der Waals surface area contributed by atoms with Gasteiger partial charge in [0.25, 0.3) is 22.9 Å². The van der Waals surface area contributed by atoms with Crippen molar-refractivity contribution < 1.29 is 26.7 Å². The van der Waals surface area contributed by atoms with Crippen molar-refractivity contribution in [1.29, 1.82) is 0 Å². The Morgan fingerprint density at radius 3 is 1.19 bits per heavy atom. The molecule has 0 atom stereocenters. The molecule has 11 heteroatoms. The zero-order valence-corrected chi connectivity index (χ0v) is 30.9. The molecule has 2 aliphatic rings. The molecule has 10 nitrogen and oxygen atoms in total. The zero-order chi connectivity index (χ0) is 37.0. The van der Waals surface area contributed by atoms with Crippen molar-refractivity contribution in [2.24, 2.45) is 0 Å². The van der Waals surface area contributed by atoms with E-state index in [1.54, 1.807) is 86.9 Å². The molecule has 0 unspecified atom stereocenters. The number of unbranched alkanes of at least 4 members (excludes halogenated alkanes) is 2. The van der Waals surface area contributed by atoms with Crippen LogP contribution >= 0.6 is 0 Å². The maximum atomic E-state index is 12.7. The van der Waals surface area contributed by atoms with Gasteiger partial charge < -0.3 is 0 Å². The number of rotatable bonds is 12. The van der Waals surface area contributed by atoms with E-state index in [0.717, 1.165) is 47.7 Å². The summed E-state index contributed by atoms with van der Waals surface area (Å²) in [6.07, 6.45) is 24.8. The fourth-order valence-corrected chi connectivity index (χ4v) is 5.95. The van der Waals surface area contributed by atoms with Crippen LogP contribution in [0, 0.1) is 77.0 Å². The van der Waals surface area contributed by atoms with Crippen LogP contribution in [0.3, 0.4) is 0 Å². The Bertz CT molecular complexity index is 1900. The second-order valence-corrected chi connectivity index (χ2v) is 12.7. The summed E-state index contributed by atoms with van der Waals surface area (Å²) in [4.78, 5) is 75.4. The van der Waals surface area contributed by atoms with E-state index >= 15 is 0 Å². The van der Waals surface area contributed by atoms with Crippen LogP contribution in [0.1, 0.15) is 70.4 Å². The molecule has 2 aromatic carbocycles. The predicted molar refractivity (Wildman–Crippen MR) is 200 cm³/mol. The van der Waals surface area contributed by atoms with Crippen molar-refractivity contribution in [1.82, 2.24) is 18.3 Å². The number of carbonyl (C=O) groups is 2.